The number of thioether (sulfide) groups is 1. The van der Waals surface area contributed by atoms with Crippen molar-refractivity contribution in [2.75, 3.05) is 6.61 Å². The van der Waals surface area contributed by atoms with Crippen molar-refractivity contribution in [1.82, 2.24) is 4.98 Å². The van der Waals surface area contributed by atoms with Crippen LogP contribution < -0.4 is 4.74 Å². The fourth-order valence-electron chi connectivity index (χ4n) is 2.60. The summed E-state index contributed by atoms with van der Waals surface area (Å²) in [7, 11) is 0. The quantitative estimate of drug-likeness (QED) is 0.432. The van der Waals surface area contributed by atoms with Crippen molar-refractivity contribution in [3.63, 3.8) is 0 Å². The third kappa shape index (κ3) is 5.54. The zero-order valence-electron chi connectivity index (χ0n) is 16.1. The van der Waals surface area contributed by atoms with E-state index in [1.54, 1.807) is 17.8 Å². The molecule has 0 unspecified atom stereocenters. The van der Waals surface area contributed by atoms with Gasteiger partial charge in [0.15, 0.2) is 6.61 Å². The molecule has 0 aliphatic carbocycles. The summed E-state index contributed by atoms with van der Waals surface area (Å²) in [4.78, 5) is 17.2. The number of aryl methyl sites for hydroxylation is 2. The Labute approximate surface area is 179 Å². The lowest BCUT2D eigenvalue weighted by atomic mass is 10.1. The van der Waals surface area contributed by atoms with Gasteiger partial charge in [-0.2, -0.15) is 13.2 Å². The van der Waals surface area contributed by atoms with Gasteiger partial charge in [0.2, 0.25) is 0 Å². The Morgan fingerprint density at radius 2 is 1.87 bits per heavy atom. The standard InChI is InChI=1S/C21H18F3NO3S2/c1-12-3-8-16(9-17(12)28-10-19(26)27)29-11-18-13(2)25-20(30-18)14-4-6-15(7-5-14)21(22,23)24/h3-9H,10-11H2,1-2H3,(H,26,27). The zero-order valence-corrected chi connectivity index (χ0v) is 17.7. The number of carboxylic acids is 1. The lowest BCUT2D eigenvalue weighted by molar-refractivity contribution is -0.139. The van der Waals surface area contributed by atoms with Gasteiger partial charge in [-0.1, -0.05) is 18.2 Å². The Bertz CT molecular complexity index is 1050. The number of carboxylic acid groups (broad SMARTS) is 1. The summed E-state index contributed by atoms with van der Waals surface area (Å²) in [6.45, 7) is 3.31. The monoisotopic (exact) mass is 453 g/mol. The highest BCUT2D eigenvalue weighted by atomic mass is 32.2. The number of hydrogen-bond acceptors (Lipinski definition) is 5. The molecule has 2 aromatic carbocycles. The molecule has 3 aromatic rings. The van der Waals surface area contributed by atoms with Crippen LogP contribution in [0, 0.1) is 13.8 Å². The second-order valence-corrected chi connectivity index (χ2v) is 8.63. The maximum Gasteiger partial charge on any atom is 0.416 e. The van der Waals surface area contributed by atoms with Gasteiger partial charge in [0.05, 0.1) is 11.3 Å². The van der Waals surface area contributed by atoms with E-state index in [2.05, 4.69) is 4.98 Å². The van der Waals surface area contributed by atoms with E-state index in [1.807, 2.05) is 26.0 Å². The Hall–Kier alpha value is -2.52. The van der Waals surface area contributed by atoms with Gasteiger partial charge >= 0.3 is 12.1 Å². The van der Waals surface area contributed by atoms with E-state index in [1.165, 1.54) is 23.5 Å². The van der Waals surface area contributed by atoms with Crippen molar-refractivity contribution in [3.8, 4) is 16.3 Å². The SMILES string of the molecule is Cc1ccc(SCc2sc(-c3ccc(C(F)(F)F)cc3)nc2C)cc1OCC(=O)O. The number of halogens is 3. The molecule has 0 saturated carbocycles. The van der Waals surface area contributed by atoms with Crippen molar-refractivity contribution in [2.24, 2.45) is 0 Å². The first kappa shape index (κ1) is 22.2. The van der Waals surface area contributed by atoms with Gasteiger partial charge in [-0.3, -0.25) is 0 Å². The molecule has 0 saturated heterocycles. The van der Waals surface area contributed by atoms with Gasteiger partial charge in [-0.05, 0) is 43.7 Å². The minimum atomic E-state index is -4.36. The maximum atomic E-state index is 12.7. The number of alkyl halides is 3. The van der Waals surface area contributed by atoms with Crippen LogP contribution in [-0.2, 0) is 16.7 Å². The smallest absolute Gasteiger partial charge is 0.416 e. The van der Waals surface area contributed by atoms with Gasteiger partial charge in [-0.25, -0.2) is 9.78 Å². The van der Waals surface area contributed by atoms with E-state index in [0.717, 1.165) is 33.2 Å². The Morgan fingerprint density at radius 1 is 1.17 bits per heavy atom. The van der Waals surface area contributed by atoms with Gasteiger partial charge in [0.25, 0.3) is 0 Å². The van der Waals surface area contributed by atoms with Crippen molar-refractivity contribution in [1.29, 1.82) is 0 Å². The predicted molar refractivity (Wildman–Crippen MR) is 111 cm³/mol. The molecule has 30 heavy (non-hydrogen) atoms. The first-order valence-corrected chi connectivity index (χ1v) is 10.7. The summed E-state index contributed by atoms with van der Waals surface area (Å²) < 4.78 is 43.5. The highest BCUT2D eigenvalue weighted by Crippen LogP contribution is 2.35. The number of aromatic nitrogens is 1. The average Bonchev–Trinajstić information content (AvgIpc) is 3.06. The van der Waals surface area contributed by atoms with Crippen LogP contribution in [-0.4, -0.2) is 22.7 Å². The molecular weight excluding hydrogens is 435 g/mol. The highest BCUT2D eigenvalue weighted by Gasteiger charge is 2.30. The van der Waals surface area contributed by atoms with E-state index in [0.29, 0.717) is 22.1 Å². The first-order chi connectivity index (χ1) is 14.1. The molecule has 0 aliphatic rings. The normalized spacial score (nSPS) is 11.5. The maximum absolute atomic E-state index is 12.7. The molecule has 158 valence electrons. The summed E-state index contributed by atoms with van der Waals surface area (Å²) in [5.41, 5.74) is 1.64. The number of aliphatic carboxylic acids is 1. The fourth-order valence-corrected chi connectivity index (χ4v) is 4.74. The summed E-state index contributed by atoms with van der Waals surface area (Å²) in [6.07, 6.45) is -4.36. The molecule has 4 nitrogen and oxygen atoms in total. The zero-order chi connectivity index (χ0) is 21.9. The van der Waals surface area contributed by atoms with Gasteiger partial charge < -0.3 is 9.84 Å². The largest absolute Gasteiger partial charge is 0.482 e. The third-order valence-electron chi connectivity index (χ3n) is 4.23. The van der Waals surface area contributed by atoms with E-state index < -0.39 is 24.3 Å². The molecule has 3 rings (SSSR count). The number of ether oxygens (including phenoxy) is 1. The third-order valence-corrected chi connectivity index (χ3v) is 6.64. The van der Waals surface area contributed by atoms with Crippen molar-refractivity contribution in [3.05, 3.63) is 64.2 Å². The minimum Gasteiger partial charge on any atom is -0.482 e. The number of benzene rings is 2. The molecule has 1 aromatic heterocycles. The molecule has 0 fully saturated rings. The second kappa shape index (κ2) is 9.09. The van der Waals surface area contributed by atoms with E-state index in [-0.39, 0.29) is 0 Å². The topological polar surface area (TPSA) is 59.4 Å². The Morgan fingerprint density at radius 3 is 2.50 bits per heavy atom. The molecule has 1 heterocycles. The van der Waals surface area contributed by atoms with Gasteiger partial charge in [0.1, 0.15) is 10.8 Å². The second-order valence-electron chi connectivity index (χ2n) is 6.50. The predicted octanol–water partition coefficient (Wildman–Crippen LogP) is 6.20. The van der Waals surface area contributed by atoms with Crippen LogP contribution >= 0.6 is 23.1 Å². The molecule has 0 aliphatic heterocycles. The number of nitrogens with zero attached hydrogens (tertiary/aromatic N) is 1. The van der Waals surface area contributed by atoms with Crippen LogP contribution in [0.3, 0.4) is 0 Å². The molecule has 0 bridgehead atoms. The van der Waals surface area contributed by atoms with Crippen LogP contribution in [0.4, 0.5) is 13.2 Å². The summed E-state index contributed by atoms with van der Waals surface area (Å²) in [5, 5.41) is 9.45. The van der Waals surface area contributed by atoms with Crippen LogP contribution in [0.25, 0.3) is 10.6 Å². The summed E-state index contributed by atoms with van der Waals surface area (Å²) in [5.74, 6) is 0.114. The first-order valence-electron chi connectivity index (χ1n) is 8.85. The fraction of sp³-hybridized carbons (Fsp3) is 0.238. The molecule has 0 radical (unpaired) electrons. The number of carbonyl (C=O) groups is 1. The average molecular weight is 454 g/mol. The molecule has 0 spiro atoms. The van der Waals surface area contributed by atoms with Gasteiger partial charge in [-0.15, -0.1) is 23.1 Å². The summed E-state index contributed by atoms with van der Waals surface area (Å²) >= 11 is 3.00. The molecule has 0 atom stereocenters. The van der Waals surface area contributed by atoms with E-state index in [4.69, 9.17) is 9.84 Å². The lowest BCUT2D eigenvalue weighted by Gasteiger charge is -2.09. The van der Waals surface area contributed by atoms with Crippen molar-refractivity contribution in [2.45, 2.75) is 30.7 Å². The van der Waals surface area contributed by atoms with Crippen LogP contribution in [0.15, 0.2) is 47.4 Å². The van der Waals surface area contributed by atoms with Crippen LogP contribution in [0.2, 0.25) is 0 Å². The lowest BCUT2D eigenvalue weighted by Crippen LogP contribution is -2.10. The molecule has 9 heteroatoms. The Balaban J connectivity index is 1.71. The van der Waals surface area contributed by atoms with Crippen molar-refractivity contribution < 1.29 is 27.8 Å². The number of hydrogen-bond donors (Lipinski definition) is 1. The van der Waals surface area contributed by atoms with E-state index in [9.17, 15) is 18.0 Å². The van der Waals surface area contributed by atoms with Crippen LogP contribution in [0.5, 0.6) is 5.75 Å². The number of rotatable bonds is 7. The highest BCUT2D eigenvalue weighted by molar-refractivity contribution is 7.98. The van der Waals surface area contributed by atoms with Gasteiger partial charge in [0, 0.05) is 21.1 Å². The Kier molecular flexibility index (Phi) is 6.72. The van der Waals surface area contributed by atoms with Crippen LogP contribution in [0.1, 0.15) is 21.7 Å². The molecular formula is C21H18F3NO3S2. The molecule has 1 N–H and O–H groups in total. The van der Waals surface area contributed by atoms with Crippen molar-refractivity contribution >= 4 is 29.1 Å². The number of thiazole rings is 1. The van der Waals surface area contributed by atoms with E-state index >= 15 is 0 Å². The summed E-state index contributed by atoms with van der Waals surface area (Å²) in [6, 6.07) is 10.6. The minimum absolute atomic E-state index is 0.403. The molecule has 0 amide bonds.